The second-order valence-corrected chi connectivity index (χ2v) is 4.11. The first-order valence-electron chi connectivity index (χ1n) is 6.33. The number of hydrogen-bond donors (Lipinski definition) is 2. The van der Waals surface area contributed by atoms with Crippen molar-refractivity contribution in [3.8, 4) is 5.75 Å². The van der Waals surface area contributed by atoms with Crippen LogP contribution in [0, 0.1) is 0 Å². The van der Waals surface area contributed by atoms with Crippen molar-refractivity contribution in [2.75, 3.05) is 20.3 Å². The third-order valence-corrected chi connectivity index (χ3v) is 2.53. The van der Waals surface area contributed by atoms with Crippen molar-refractivity contribution in [3.05, 3.63) is 29.8 Å². The molecule has 21 heavy (non-hydrogen) atoms. The van der Waals surface area contributed by atoms with E-state index < -0.39 is 18.5 Å². The van der Waals surface area contributed by atoms with E-state index in [4.69, 9.17) is 9.84 Å². The third-order valence-electron chi connectivity index (χ3n) is 2.53. The summed E-state index contributed by atoms with van der Waals surface area (Å²) in [5, 5.41) is 10.7. The maximum absolute atomic E-state index is 11.5. The van der Waals surface area contributed by atoms with Gasteiger partial charge in [-0.05, 0) is 18.6 Å². The molecule has 7 heteroatoms. The van der Waals surface area contributed by atoms with Crippen LogP contribution in [0.1, 0.15) is 23.2 Å². The lowest BCUT2D eigenvalue weighted by Crippen LogP contribution is -2.29. The number of aliphatic carboxylic acids is 1. The van der Waals surface area contributed by atoms with Crippen LogP contribution < -0.4 is 10.1 Å². The number of esters is 1. The van der Waals surface area contributed by atoms with Gasteiger partial charge in [0.2, 0.25) is 5.91 Å². The number of amides is 1. The van der Waals surface area contributed by atoms with E-state index in [0.29, 0.717) is 17.7 Å². The summed E-state index contributed by atoms with van der Waals surface area (Å²) in [6, 6.07) is 6.64. The van der Waals surface area contributed by atoms with Gasteiger partial charge in [0.05, 0.1) is 13.7 Å². The molecule has 0 saturated carbocycles. The smallest absolute Gasteiger partial charge is 0.341 e. The van der Waals surface area contributed by atoms with Crippen molar-refractivity contribution in [1.29, 1.82) is 0 Å². The first-order valence-corrected chi connectivity index (χ1v) is 6.33. The summed E-state index contributed by atoms with van der Waals surface area (Å²) in [7, 11) is 1.28. The van der Waals surface area contributed by atoms with Crippen molar-refractivity contribution in [2.24, 2.45) is 0 Å². The van der Waals surface area contributed by atoms with E-state index in [1.54, 1.807) is 24.3 Å². The molecule has 0 aliphatic heterocycles. The lowest BCUT2D eigenvalue weighted by atomic mass is 10.2. The lowest BCUT2D eigenvalue weighted by Gasteiger charge is -2.09. The average Bonchev–Trinajstić information content (AvgIpc) is 2.49. The van der Waals surface area contributed by atoms with Gasteiger partial charge >= 0.3 is 11.9 Å². The molecule has 1 aromatic carbocycles. The molecule has 0 spiro atoms. The second-order valence-electron chi connectivity index (χ2n) is 4.11. The molecule has 1 aromatic rings. The number of para-hydroxylation sites is 1. The molecular weight excluding hydrogens is 278 g/mol. The maximum atomic E-state index is 11.5. The van der Waals surface area contributed by atoms with E-state index in [1.807, 2.05) is 0 Å². The molecule has 0 fully saturated rings. The molecule has 0 aromatic heterocycles. The summed E-state index contributed by atoms with van der Waals surface area (Å²) in [5.74, 6) is -1.56. The monoisotopic (exact) mass is 295 g/mol. The zero-order chi connectivity index (χ0) is 15.7. The van der Waals surface area contributed by atoms with E-state index in [2.05, 4.69) is 10.1 Å². The molecule has 0 heterocycles. The summed E-state index contributed by atoms with van der Waals surface area (Å²) >= 11 is 0. The van der Waals surface area contributed by atoms with Crippen LogP contribution in [0.2, 0.25) is 0 Å². The van der Waals surface area contributed by atoms with Gasteiger partial charge in [0.15, 0.2) is 0 Å². The van der Waals surface area contributed by atoms with Gasteiger partial charge in [-0.3, -0.25) is 9.59 Å². The Morgan fingerprint density at radius 3 is 2.62 bits per heavy atom. The van der Waals surface area contributed by atoms with Crippen LogP contribution in [-0.2, 0) is 14.3 Å². The summed E-state index contributed by atoms with van der Waals surface area (Å²) in [5.41, 5.74) is 0.315. The van der Waals surface area contributed by atoms with Crippen LogP contribution in [0.15, 0.2) is 24.3 Å². The van der Waals surface area contributed by atoms with Crippen LogP contribution in [-0.4, -0.2) is 43.2 Å². The molecule has 0 radical (unpaired) electrons. The molecule has 0 saturated heterocycles. The Labute approximate surface area is 121 Å². The number of carboxylic acid groups (broad SMARTS) is 1. The number of benzene rings is 1. The number of ether oxygens (including phenoxy) is 2. The fourth-order valence-electron chi connectivity index (χ4n) is 1.55. The number of methoxy groups -OCH3 is 1. The highest BCUT2D eigenvalue weighted by Crippen LogP contribution is 2.19. The normalized spacial score (nSPS) is 9.76. The summed E-state index contributed by atoms with van der Waals surface area (Å²) < 4.78 is 10.1. The first kappa shape index (κ1) is 16.5. The topological polar surface area (TPSA) is 102 Å². The standard InChI is InChI=1S/C14H17NO6/c1-20-14(19)10-5-2-3-6-11(10)21-8-4-7-12(16)15-9-13(17)18/h2-3,5-6H,4,7-9H2,1H3,(H,15,16)(H,17,18). The molecule has 1 amide bonds. The van der Waals surface area contributed by atoms with Gasteiger partial charge in [-0.25, -0.2) is 4.79 Å². The fourth-order valence-corrected chi connectivity index (χ4v) is 1.55. The largest absolute Gasteiger partial charge is 0.493 e. The zero-order valence-corrected chi connectivity index (χ0v) is 11.6. The number of carboxylic acids is 1. The van der Waals surface area contributed by atoms with E-state index >= 15 is 0 Å². The SMILES string of the molecule is COC(=O)c1ccccc1OCCCC(=O)NCC(=O)O. The van der Waals surface area contributed by atoms with Crippen molar-refractivity contribution in [1.82, 2.24) is 5.32 Å². The van der Waals surface area contributed by atoms with Crippen molar-refractivity contribution in [2.45, 2.75) is 12.8 Å². The van der Waals surface area contributed by atoms with Crippen LogP contribution in [0.25, 0.3) is 0 Å². The summed E-state index contributed by atoms with van der Waals surface area (Å²) in [6.07, 6.45) is 0.550. The number of carbonyl (C=O) groups is 3. The van der Waals surface area contributed by atoms with Crippen LogP contribution in [0.4, 0.5) is 0 Å². The van der Waals surface area contributed by atoms with Crippen molar-refractivity contribution >= 4 is 17.8 Å². The van der Waals surface area contributed by atoms with Crippen LogP contribution in [0.3, 0.4) is 0 Å². The Morgan fingerprint density at radius 2 is 1.95 bits per heavy atom. The van der Waals surface area contributed by atoms with Gasteiger partial charge in [0.1, 0.15) is 17.9 Å². The Kier molecular flexibility index (Phi) is 6.73. The van der Waals surface area contributed by atoms with Crippen molar-refractivity contribution < 1.29 is 29.0 Å². The van der Waals surface area contributed by atoms with Gasteiger partial charge in [-0.1, -0.05) is 12.1 Å². The van der Waals surface area contributed by atoms with E-state index in [-0.39, 0.29) is 18.9 Å². The van der Waals surface area contributed by atoms with Gasteiger partial charge in [-0.15, -0.1) is 0 Å². The van der Waals surface area contributed by atoms with Crippen LogP contribution in [0.5, 0.6) is 5.75 Å². The Morgan fingerprint density at radius 1 is 1.24 bits per heavy atom. The predicted molar refractivity (Wildman–Crippen MR) is 73.2 cm³/mol. The van der Waals surface area contributed by atoms with E-state index in [1.165, 1.54) is 7.11 Å². The lowest BCUT2D eigenvalue weighted by molar-refractivity contribution is -0.137. The van der Waals surface area contributed by atoms with E-state index in [9.17, 15) is 14.4 Å². The van der Waals surface area contributed by atoms with Gasteiger partial charge in [0.25, 0.3) is 0 Å². The first-order chi connectivity index (χ1) is 10.0. The zero-order valence-electron chi connectivity index (χ0n) is 11.6. The molecule has 0 bridgehead atoms. The third kappa shape index (κ3) is 5.94. The Hall–Kier alpha value is -2.57. The predicted octanol–water partition coefficient (Wildman–Crippen LogP) is 0.833. The highest BCUT2D eigenvalue weighted by Gasteiger charge is 2.12. The second kappa shape index (κ2) is 8.57. The summed E-state index contributed by atoms with van der Waals surface area (Å²) in [4.78, 5) is 33.0. The molecule has 1 rings (SSSR count). The average molecular weight is 295 g/mol. The molecule has 0 atom stereocenters. The Balaban J connectivity index is 2.38. The number of rotatable bonds is 8. The molecular formula is C14H17NO6. The number of carbonyl (C=O) groups excluding carboxylic acids is 2. The molecule has 0 aliphatic carbocycles. The molecule has 7 nitrogen and oxygen atoms in total. The summed E-state index contributed by atoms with van der Waals surface area (Å²) in [6.45, 7) is -0.167. The molecule has 0 aliphatic rings. The van der Waals surface area contributed by atoms with Gasteiger partial charge < -0.3 is 19.9 Å². The van der Waals surface area contributed by atoms with Gasteiger partial charge in [-0.2, -0.15) is 0 Å². The fraction of sp³-hybridized carbons (Fsp3) is 0.357. The minimum Gasteiger partial charge on any atom is -0.493 e. The van der Waals surface area contributed by atoms with Crippen LogP contribution >= 0.6 is 0 Å². The molecule has 114 valence electrons. The minimum absolute atomic E-state index is 0.146. The highest BCUT2D eigenvalue weighted by molar-refractivity contribution is 5.92. The molecule has 0 unspecified atom stereocenters. The number of hydrogen-bond acceptors (Lipinski definition) is 5. The quantitative estimate of drug-likeness (QED) is 0.544. The van der Waals surface area contributed by atoms with Gasteiger partial charge in [0, 0.05) is 6.42 Å². The molecule has 2 N–H and O–H groups in total. The highest BCUT2D eigenvalue weighted by atomic mass is 16.5. The minimum atomic E-state index is -1.09. The van der Waals surface area contributed by atoms with Crippen molar-refractivity contribution in [3.63, 3.8) is 0 Å². The maximum Gasteiger partial charge on any atom is 0.341 e. The number of nitrogens with one attached hydrogen (secondary N) is 1. The van der Waals surface area contributed by atoms with E-state index in [0.717, 1.165) is 0 Å². The Bertz CT molecular complexity index is 514.